The summed E-state index contributed by atoms with van der Waals surface area (Å²) < 4.78 is 10.3. The van der Waals surface area contributed by atoms with Crippen LogP contribution in [-0.2, 0) is 4.79 Å². The van der Waals surface area contributed by atoms with Gasteiger partial charge < -0.3 is 9.47 Å². The van der Waals surface area contributed by atoms with Crippen molar-refractivity contribution in [3.8, 4) is 23.3 Å². The molecule has 0 radical (unpaired) electrons. The zero-order valence-electron chi connectivity index (χ0n) is 8.74. The fraction of sp³-hybridized carbons (Fsp3) is 0.250. The lowest BCUT2D eigenvalue weighted by atomic mass is 10.3. The van der Waals surface area contributed by atoms with Gasteiger partial charge in [-0.15, -0.1) is 5.92 Å². The van der Waals surface area contributed by atoms with Gasteiger partial charge in [0, 0.05) is 6.92 Å². The molecule has 0 amide bonds. The molecule has 1 aromatic carbocycles. The largest absolute Gasteiger partial charge is 0.477 e. The Morgan fingerprint density at radius 3 is 2.60 bits per heavy atom. The van der Waals surface area contributed by atoms with Gasteiger partial charge in [-0.25, -0.2) is 0 Å². The molecule has 0 N–H and O–H groups in total. The second kappa shape index (κ2) is 5.71. The van der Waals surface area contributed by atoms with Crippen molar-refractivity contribution in [1.29, 1.82) is 0 Å². The van der Waals surface area contributed by atoms with Crippen LogP contribution in [0.25, 0.3) is 0 Å². The van der Waals surface area contributed by atoms with Crippen molar-refractivity contribution in [3.05, 3.63) is 24.3 Å². The number of rotatable bonds is 3. The summed E-state index contributed by atoms with van der Waals surface area (Å²) in [6.07, 6.45) is 0. The zero-order chi connectivity index (χ0) is 11.1. The molecule has 3 nitrogen and oxygen atoms in total. The van der Waals surface area contributed by atoms with Gasteiger partial charge in [0.05, 0.1) is 0 Å². The molecule has 0 spiro atoms. The van der Waals surface area contributed by atoms with Gasteiger partial charge in [-0.3, -0.25) is 4.79 Å². The average molecular weight is 204 g/mol. The molecule has 1 rings (SSSR count). The smallest absolute Gasteiger partial charge is 0.308 e. The summed E-state index contributed by atoms with van der Waals surface area (Å²) >= 11 is 0. The van der Waals surface area contributed by atoms with Crippen LogP contribution in [0.2, 0.25) is 0 Å². The van der Waals surface area contributed by atoms with Crippen molar-refractivity contribution >= 4 is 5.97 Å². The molecule has 0 saturated carbocycles. The summed E-state index contributed by atoms with van der Waals surface area (Å²) in [5.41, 5.74) is 0. The first kappa shape index (κ1) is 11.1. The number of carbonyl (C=O) groups is 1. The summed E-state index contributed by atoms with van der Waals surface area (Å²) in [6.45, 7) is 3.37. The van der Waals surface area contributed by atoms with Gasteiger partial charge in [0.15, 0.2) is 11.5 Å². The van der Waals surface area contributed by atoms with Gasteiger partial charge >= 0.3 is 5.97 Å². The predicted octanol–water partition coefficient (Wildman–Crippen LogP) is 2.01. The van der Waals surface area contributed by atoms with Crippen LogP contribution in [0.15, 0.2) is 24.3 Å². The van der Waals surface area contributed by atoms with E-state index in [9.17, 15) is 4.79 Å². The minimum atomic E-state index is -0.368. The lowest BCUT2D eigenvalue weighted by molar-refractivity contribution is -0.132. The van der Waals surface area contributed by atoms with Gasteiger partial charge in [0.25, 0.3) is 0 Å². The molecule has 1 aromatic rings. The van der Waals surface area contributed by atoms with E-state index in [4.69, 9.17) is 9.47 Å². The third-order valence-corrected chi connectivity index (χ3v) is 1.58. The van der Waals surface area contributed by atoms with Crippen molar-refractivity contribution in [3.63, 3.8) is 0 Å². The van der Waals surface area contributed by atoms with Crippen LogP contribution in [0.3, 0.4) is 0 Å². The predicted molar refractivity (Wildman–Crippen MR) is 56.7 cm³/mol. The molecule has 0 saturated heterocycles. The molecule has 3 heteroatoms. The van der Waals surface area contributed by atoms with E-state index in [0.29, 0.717) is 11.5 Å². The molecule has 0 aliphatic carbocycles. The highest BCUT2D eigenvalue weighted by Crippen LogP contribution is 2.26. The number of esters is 1. The highest BCUT2D eigenvalue weighted by Gasteiger charge is 2.05. The molecule has 0 aromatic heterocycles. The van der Waals surface area contributed by atoms with E-state index in [2.05, 4.69) is 11.8 Å². The molecule has 0 heterocycles. The summed E-state index contributed by atoms with van der Waals surface area (Å²) in [7, 11) is 0. The summed E-state index contributed by atoms with van der Waals surface area (Å²) in [5.74, 6) is 6.05. The Hall–Kier alpha value is -1.95. The molecule has 78 valence electrons. The number of hydrogen-bond acceptors (Lipinski definition) is 3. The highest BCUT2D eigenvalue weighted by molar-refractivity contribution is 5.70. The number of carbonyl (C=O) groups excluding carboxylic acids is 1. The highest BCUT2D eigenvalue weighted by atomic mass is 16.6. The second-order valence-electron chi connectivity index (χ2n) is 2.76. The van der Waals surface area contributed by atoms with Crippen molar-refractivity contribution in [2.45, 2.75) is 13.8 Å². The van der Waals surface area contributed by atoms with E-state index in [-0.39, 0.29) is 12.6 Å². The summed E-state index contributed by atoms with van der Waals surface area (Å²) in [6, 6.07) is 6.99. The maximum Gasteiger partial charge on any atom is 0.308 e. The fourth-order valence-electron chi connectivity index (χ4n) is 0.995. The summed E-state index contributed by atoms with van der Waals surface area (Å²) in [4.78, 5) is 10.8. The standard InChI is InChI=1S/C12H12O3/c1-3-4-9-14-11-7-5-6-8-12(11)15-10(2)13/h5-8H,9H2,1-2H3. The van der Waals surface area contributed by atoms with Crippen LogP contribution in [0.4, 0.5) is 0 Å². The second-order valence-corrected chi connectivity index (χ2v) is 2.76. The van der Waals surface area contributed by atoms with Gasteiger partial charge in [0.2, 0.25) is 0 Å². The van der Waals surface area contributed by atoms with E-state index in [1.165, 1.54) is 6.92 Å². The van der Waals surface area contributed by atoms with Crippen LogP contribution in [0.5, 0.6) is 11.5 Å². The lowest BCUT2D eigenvalue weighted by Gasteiger charge is -2.07. The number of benzene rings is 1. The maximum atomic E-state index is 10.8. The van der Waals surface area contributed by atoms with Gasteiger partial charge in [-0.05, 0) is 19.1 Å². The molecule has 15 heavy (non-hydrogen) atoms. The molecule has 0 atom stereocenters. The van der Waals surface area contributed by atoms with E-state index in [0.717, 1.165) is 0 Å². The van der Waals surface area contributed by atoms with Crippen molar-refractivity contribution < 1.29 is 14.3 Å². The Morgan fingerprint density at radius 1 is 1.33 bits per heavy atom. The van der Waals surface area contributed by atoms with Crippen LogP contribution in [0, 0.1) is 11.8 Å². The fourth-order valence-corrected chi connectivity index (χ4v) is 0.995. The quantitative estimate of drug-likeness (QED) is 0.429. The zero-order valence-corrected chi connectivity index (χ0v) is 8.74. The van der Waals surface area contributed by atoms with Crippen LogP contribution in [0.1, 0.15) is 13.8 Å². The molecule has 0 aliphatic rings. The Morgan fingerprint density at radius 2 is 2.00 bits per heavy atom. The molecular formula is C12H12O3. The SMILES string of the molecule is CC#CCOc1ccccc1OC(C)=O. The monoisotopic (exact) mass is 204 g/mol. The lowest BCUT2D eigenvalue weighted by Crippen LogP contribution is -2.04. The Bertz CT molecular complexity index is 399. The molecule has 0 unspecified atom stereocenters. The molecule has 0 fully saturated rings. The van der Waals surface area contributed by atoms with E-state index >= 15 is 0 Å². The first-order valence-corrected chi connectivity index (χ1v) is 4.54. The average Bonchev–Trinajstić information content (AvgIpc) is 2.20. The van der Waals surface area contributed by atoms with E-state index < -0.39 is 0 Å². The molecule has 0 aliphatic heterocycles. The minimum Gasteiger partial charge on any atom is -0.477 e. The third-order valence-electron chi connectivity index (χ3n) is 1.58. The van der Waals surface area contributed by atoms with Crippen molar-refractivity contribution in [2.24, 2.45) is 0 Å². The normalized spacial score (nSPS) is 8.67. The topological polar surface area (TPSA) is 35.5 Å². The van der Waals surface area contributed by atoms with Gasteiger partial charge in [0.1, 0.15) is 6.61 Å². The van der Waals surface area contributed by atoms with E-state index in [1.807, 2.05) is 6.07 Å². The number of ether oxygens (including phenoxy) is 2. The van der Waals surface area contributed by atoms with Crippen LogP contribution in [-0.4, -0.2) is 12.6 Å². The Balaban J connectivity index is 2.75. The van der Waals surface area contributed by atoms with Gasteiger partial charge in [-0.2, -0.15) is 0 Å². The Kier molecular flexibility index (Phi) is 4.24. The van der Waals surface area contributed by atoms with E-state index in [1.54, 1.807) is 25.1 Å². The molecule has 0 bridgehead atoms. The number of para-hydroxylation sites is 2. The Labute approximate surface area is 89.0 Å². The maximum absolute atomic E-state index is 10.8. The van der Waals surface area contributed by atoms with Crippen LogP contribution >= 0.6 is 0 Å². The number of hydrogen-bond donors (Lipinski definition) is 0. The van der Waals surface area contributed by atoms with Crippen LogP contribution < -0.4 is 9.47 Å². The van der Waals surface area contributed by atoms with Gasteiger partial charge in [-0.1, -0.05) is 18.1 Å². The first-order valence-electron chi connectivity index (χ1n) is 4.54. The molecular weight excluding hydrogens is 192 g/mol. The third kappa shape index (κ3) is 3.74. The van der Waals surface area contributed by atoms with Crippen molar-refractivity contribution in [1.82, 2.24) is 0 Å². The summed E-state index contributed by atoms with van der Waals surface area (Å²) in [5, 5.41) is 0. The van der Waals surface area contributed by atoms with Crippen molar-refractivity contribution in [2.75, 3.05) is 6.61 Å². The first-order chi connectivity index (χ1) is 7.24. The minimum absolute atomic E-state index is 0.286.